The number of hydrogen-bond donors (Lipinski definition) is 2. The van der Waals surface area contributed by atoms with Crippen molar-refractivity contribution in [3.63, 3.8) is 0 Å². The van der Waals surface area contributed by atoms with Gasteiger partial charge in [-0.15, -0.1) is 0 Å². The molecule has 1 aliphatic rings. The van der Waals surface area contributed by atoms with Gasteiger partial charge in [-0.2, -0.15) is 0 Å². The predicted molar refractivity (Wildman–Crippen MR) is 128 cm³/mol. The summed E-state index contributed by atoms with van der Waals surface area (Å²) in [4.78, 5) is 26.6. The number of hydrogen-bond acceptors (Lipinski definition) is 6. The molecule has 4 aromatic rings. The van der Waals surface area contributed by atoms with Crippen molar-refractivity contribution in [3.05, 3.63) is 75.8 Å². The number of morpholine rings is 1. The van der Waals surface area contributed by atoms with Crippen LogP contribution in [0, 0.1) is 6.92 Å². The number of nitrogens with one attached hydrogen (secondary N) is 2. The molecule has 2 N–H and O–H groups in total. The third-order valence-corrected chi connectivity index (χ3v) is 5.84. The zero-order chi connectivity index (χ0) is 22.1. The summed E-state index contributed by atoms with van der Waals surface area (Å²) in [6, 6.07) is 15.7. The van der Waals surface area contributed by atoms with Gasteiger partial charge in [0, 0.05) is 30.0 Å². The van der Waals surface area contributed by atoms with E-state index in [1.165, 1.54) is 6.33 Å². The van der Waals surface area contributed by atoms with Crippen LogP contribution in [0.4, 0.5) is 17.2 Å². The average molecular weight is 448 g/mol. The standard InChI is InChI=1S/C24H22ClN5O2/c1-15-2-7-18(19(25)12-15)20-13-21-22(24(31)27-14-26-21)23(29-20)28-16-3-5-17(6-4-16)30-8-10-32-11-9-30/h2-7,12-14H,8-11H2,1H3,(H,28,29)(H,26,27,31). The maximum Gasteiger partial charge on any atom is 0.262 e. The Morgan fingerprint density at radius 1 is 1.09 bits per heavy atom. The highest BCUT2D eigenvalue weighted by Gasteiger charge is 2.15. The lowest BCUT2D eigenvalue weighted by Gasteiger charge is -2.28. The summed E-state index contributed by atoms with van der Waals surface area (Å²) in [5.41, 5.74) is 4.75. The lowest BCUT2D eigenvalue weighted by atomic mass is 10.1. The second-order valence-corrected chi connectivity index (χ2v) is 8.14. The lowest BCUT2D eigenvalue weighted by molar-refractivity contribution is 0.122. The monoisotopic (exact) mass is 447 g/mol. The Labute approximate surface area is 190 Å². The van der Waals surface area contributed by atoms with E-state index in [4.69, 9.17) is 21.3 Å². The fraction of sp³-hybridized carbons (Fsp3) is 0.208. The van der Waals surface area contributed by atoms with Gasteiger partial charge in [0.1, 0.15) is 11.2 Å². The van der Waals surface area contributed by atoms with Gasteiger partial charge in [-0.05, 0) is 48.9 Å². The van der Waals surface area contributed by atoms with E-state index in [1.807, 2.05) is 37.3 Å². The number of ether oxygens (including phenoxy) is 1. The Kier molecular flexibility index (Phi) is 5.51. The molecule has 0 amide bonds. The van der Waals surface area contributed by atoms with Crippen LogP contribution >= 0.6 is 11.6 Å². The van der Waals surface area contributed by atoms with Gasteiger partial charge in [0.15, 0.2) is 0 Å². The molecule has 1 aliphatic heterocycles. The van der Waals surface area contributed by atoms with Crippen molar-refractivity contribution in [3.8, 4) is 11.3 Å². The third-order valence-electron chi connectivity index (χ3n) is 5.53. The highest BCUT2D eigenvalue weighted by Crippen LogP contribution is 2.32. The van der Waals surface area contributed by atoms with Crippen LogP contribution in [0.5, 0.6) is 0 Å². The number of anilines is 3. The van der Waals surface area contributed by atoms with Crippen molar-refractivity contribution in [1.82, 2.24) is 15.0 Å². The van der Waals surface area contributed by atoms with Gasteiger partial charge < -0.3 is 19.9 Å². The highest BCUT2D eigenvalue weighted by molar-refractivity contribution is 6.33. The number of aromatic amines is 1. The normalized spacial score (nSPS) is 14.0. The molecule has 7 nitrogen and oxygen atoms in total. The first-order valence-corrected chi connectivity index (χ1v) is 10.8. The first-order chi connectivity index (χ1) is 15.6. The molecule has 5 rings (SSSR count). The van der Waals surface area contributed by atoms with Gasteiger partial charge >= 0.3 is 0 Å². The zero-order valence-electron chi connectivity index (χ0n) is 17.6. The summed E-state index contributed by atoms with van der Waals surface area (Å²) in [5, 5.41) is 4.30. The first kappa shape index (κ1) is 20.5. The number of aryl methyl sites for hydroxylation is 1. The largest absolute Gasteiger partial charge is 0.378 e. The second-order valence-electron chi connectivity index (χ2n) is 7.74. The van der Waals surface area contributed by atoms with Crippen LogP contribution in [0.2, 0.25) is 5.02 Å². The summed E-state index contributed by atoms with van der Waals surface area (Å²) in [5.74, 6) is 0.433. The molecule has 32 heavy (non-hydrogen) atoms. The number of H-pyrrole nitrogens is 1. The Bertz CT molecular complexity index is 1330. The molecule has 1 fully saturated rings. The molecule has 162 valence electrons. The minimum Gasteiger partial charge on any atom is -0.378 e. The van der Waals surface area contributed by atoms with Crippen molar-refractivity contribution in [2.24, 2.45) is 0 Å². The smallest absolute Gasteiger partial charge is 0.262 e. The fourth-order valence-corrected chi connectivity index (χ4v) is 4.19. The van der Waals surface area contributed by atoms with Crippen LogP contribution in [0.25, 0.3) is 22.2 Å². The van der Waals surface area contributed by atoms with E-state index in [-0.39, 0.29) is 5.56 Å². The summed E-state index contributed by atoms with van der Waals surface area (Å²) >= 11 is 6.49. The lowest BCUT2D eigenvalue weighted by Crippen LogP contribution is -2.36. The molecule has 0 unspecified atom stereocenters. The molecule has 2 aromatic heterocycles. The molecule has 0 atom stereocenters. The molecule has 1 saturated heterocycles. The van der Waals surface area contributed by atoms with Crippen LogP contribution in [-0.2, 0) is 4.74 Å². The zero-order valence-corrected chi connectivity index (χ0v) is 18.3. The molecule has 0 saturated carbocycles. The van der Waals surface area contributed by atoms with Gasteiger partial charge in [0.25, 0.3) is 5.56 Å². The first-order valence-electron chi connectivity index (χ1n) is 10.4. The van der Waals surface area contributed by atoms with Gasteiger partial charge in [-0.1, -0.05) is 23.7 Å². The molecule has 3 heterocycles. The van der Waals surface area contributed by atoms with E-state index in [0.717, 1.165) is 48.8 Å². The second kappa shape index (κ2) is 8.61. The van der Waals surface area contributed by atoms with E-state index in [9.17, 15) is 4.79 Å². The number of aromatic nitrogens is 3. The van der Waals surface area contributed by atoms with E-state index >= 15 is 0 Å². The van der Waals surface area contributed by atoms with Gasteiger partial charge in [-0.3, -0.25) is 4.79 Å². The van der Waals surface area contributed by atoms with Crippen molar-refractivity contribution in [2.45, 2.75) is 6.92 Å². The van der Waals surface area contributed by atoms with Gasteiger partial charge in [0.05, 0.1) is 35.8 Å². The topological polar surface area (TPSA) is 83.1 Å². The summed E-state index contributed by atoms with van der Waals surface area (Å²) in [6.07, 6.45) is 1.39. The van der Waals surface area contributed by atoms with Gasteiger partial charge in [0.2, 0.25) is 0 Å². The van der Waals surface area contributed by atoms with Crippen LogP contribution in [0.1, 0.15) is 5.56 Å². The number of pyridine rings is 1. The molecular weight excluding hydrogens is 426 g/mol. The Morgan fingerprint density at radius 3 is 2.62 bits per heavy atom. The number of rotatable bonds is 4. The summed E-state index contributed by atoms with van der Waals surface area (Å²) in [6.45, 7) is 5.21. The Balaban J connectivity index is 1.54. The SMILES string of the molecule is Cc1ccc(-c2cc3nc[nH]c(=O)c3c(Nc3ccc(N4CCOCC4)cc3)n2)c(Cl)c1. The molecule has 0 radical (unpaired) electrons. The number of halogens is 1. The maximum absolute atomic E-state index is 12.6. The van der Waals surface area contributed by atoms with E-state index in [2.05, 4.69) is 32.3 Å². The predicted octanol–water partition coefficient (Wildman–Crippen LogP) is 4.53. The van der Waals surface area contributed by atoms with E-state index in [1.54, 1.807) is 6.07 Å². The Morgan fingerprint density at radius 2 is 1.88 bits per heavy atom. The molecule has 2 aromatic carbocycles. The summed E-state index contributed by atoms with van der Waals surface area (Å²) in [7, 11) is 0. The number of benzene rings is 2. The summed E-state index contributed by atoms with van der Waals surface area (Å²) < 4.78 is 5.43. The van der Waals surface area contributed by atoms with Crippen molar-refractivity contribution < 1.29 is 4.74 Å². The highest BCUT2D eigenvalue weighted by atomic mass is 35.5. The number of fused-ring (bicyclic) bond motifs is 1. The minimum absolute atomic E-state index is 0.253. The Hall–Kier alpha value is -3.42. The van der Waals surface area contributed by atoms with Crippen LogP contribution in [0.15, 0.2) is 59.7 Å². The molecule has 0 bridgehead atoms. The molecule has 8 heteroatoms. The average Bonchev–Trinajstić information content (AvgIpc) is 2.80. The third kappa shape index (κ3) is 4.04. The molecule has 0 aliphatic carbocycles. The van der Waals surface area contributed by atoms with Crippen molar-refractivity contribution in [1.29, 1.82) is 0 Å². The number of nitrogens with zero attached hydrogens (tertiary/aromatic N) is 3. The molecule has 0 spiro atoms. The fourth-order valence-electron chi connectivity index (χ4n) is 3.86. The quantitative estimate of drug-likeness (QED) is 0.478. The minimum atomic E-state index is -0.253. The van der Waals surface area contributed by atoms with Crippen molar-refractivity contribution >= 4 is 39.7 Å². The van der Waals surface area contributed by atoms with E-state index < -0.39 is 0 Å². The maximum atomic E-state index is 12.6. The van der Waals surface area contributed by atoms with Crippen LogP contribution < -0.4 is 15.8 Å². The van der Waals surface area contributed by atoms with Crippen molar-refractivity contribution in [2.75, 3.05) is 36.5 Å². The van der Waals surface area contributed by atoms with E-state index in [0.29, 0.717) is 27.4 Å². The molecular formula is C24H22ClN5O2. The van der Waals surface area contributed by atoms with Crippen LogP contribution in [0.3, 0.4) is 0 Å². The van der Waals surface area contributed by atoms with Gasteiger partial charge in [-0.25, -0.2) is 9.97 Å². The van der Waals surface area contributed by atoms with Crippen LogP contribution in [-0.4, -0.2) is 41.3 Å².